The number of thioether (sulfide) groups is 1. The first kappa shape index (κ1) is 16.5. The van der Waals surface area contributed by atoms with Crippen LogP contribution in [0.5, 0.6) is 0 Å². The molecular formula is C14H18FNO3S. The molecule has 0 radical (unpaired) electrons. The molecular weight excluding hydrogens is 281 g/mol. The minimum absolute atomic E-state index is 0.0284. The van der Waals surface area contributed by atoms with Gasteiger partial charge >= 0.3 is 5.97 Å². The first-order chi connectivity index (χ1) is 9.50. The van der Waals surface area contributed by atoms with Crippen LogP contribution >= 0.6 is 11.8 Å². The second kappa shape index (κ2) is 8.58. The van der Waals surface area contributed by atoms with Crippen LogP contribution in [0.4, 0.5) is 4.39 Å². The molecule has 0 bridgehead atoms. The summed E-state index contributed by atoms with van der Waals surface area (Å²) in [6.45, 7) is 2.16. The van der Waals surface area contributed by atoms with Crippen LogP contribution in [0.25, 0.3) is 0 Å². The first-order valence-corrected chi connectivity index (χ1v) is 7.47. The highest BCUT2D eigenvalue weighted by Gasteiger charge is 2.14. The number of nitrogens with one attached hydrogen (secondary N) is 1. The molecule has 1 aromatic carbocycles. The third-order valence-corrected chi connectivity index (χ3v) is 3.65. The number of rotatable bonds is 8. The monoisotopic (exact) mass is 299 g/mol. The summed E-state index contributed by atoms with van der Waals surface area (Å²) in [5.74, 6) is -1.07. The Morgan fingerprint density at radius 1 is 1.40 bits per heavy atom. The van der Waals surface area contributed by atoms with Crippen molar-refractivity contribution in [1.29, 1.82) is 0 Å². The van der Waals surface area contributed by atoms with Crippen molar-refractivity contribution in [2.45, 2.75) is 13.3 Å². The molecule has 0 heterocycles. The lowest BCUT2D eigenvalue weighted by Crippen LogP contribution is -2.32. The number of carbonyl (C=O) groups excluding carboxylic acids is 1. The largest absolute Gasteiger partial charge is 0.481 e. The fourth-order valence-corrected chi connectivity index (χ4v) is 2.23. The van der Waals surface area contributed by atoms with E-state index >= 15 is 0 Å². The molecule has 1 amide bonds. The zero-order valence-electron chi connectivity index (χ0n) is 11.3. The van der Waals surface area contributed by atoms with Crippen molar-refractivity contribution in [2.24, 2.45) is 5.92 Å². The van der Waals surface area contributed by atoms with Crippen LogP contribution in [-0.2, 0) is 16.0 Å². The topological polar surface area (TPSA) is 66.4 Å². The molecule has 0 aliphatic rings. The van der Waals surface area contributed by atoms with E-state index in [4.69, 9.17) is 5.11 Å². The number of hydrogen-bond donors (Lipinski definition) is 2. The second-order valence-electron chi connectivity index (χ2n) is 4.43. The Hall–Kier alpha value is -1.56. The molecule has 20 heavy (non-hydrogen) atoms. The lowest BCUT2D eigenvalue weighted by atomic mass is 10.00. The molecule has 1 rings (SSSR count). The molecule has 6 heteroatoms. The summed E-state index contributed by atoms with van der Waals surface area (Å²) in [4.78, 5) is 22.1. The highest BCUT2D eigenvalue weighted by molar-refractivity contribution is 7.99. The second-order valence-corrected chi connectivity index (χ2v) is 5.54. The zero-order chi connectivity index (χ0) is 15.0. The molecule has 0 aromatic heterocycles. The van der Waals surface area contributed by atoms with E-state index in [-0.39, 0.29) is 23.4 Å². The molecule has 1 unspecified atom stereocenters. The molecule has 0 fully saturated rings. The number of benzene rings is 1. The third kappa shape index (κ3) is 6.06. The number of carboxylic acid groups (broad SMARTS) is 1. The van der Waals surface area contributed by atoms with Crippen LogP contribution < -0.4 is 5.32 Å². The van der Waals surface area contributed by atoms with Gasteiger partial charge in [0.05, 0.1) is 5.75 Å². The van der Waals surface area contributed by atoms with Gasteiger partial charge in [-0.25, -0.2) is 4.39 Å². The molecule has 110 valence electrons. The predicted octanol–water partition coefficient (Wildman–Crippen LogP) is 1.94. The number of carboxylic acids is 1. The van der Waals surface area contributed by atoms with Crippen molar-refractivity contribution < 1.29 is 19.1 Å². The molecule has 2 N–H and O–H groups in total. The summed E-state index contributed by atoms with van der Waals surface area (Å²) < 4.78 is 13.5. The van der Waals surface area contributed by atoms with Gasteiger partial charge in [-0.05, 0) is 18.1 Å². The summed E-state index contributed by atoms with van der Waals surface area (Å²) in [5.41, 5.74) is 0.524. The molecule has 0 aliphatic heterocycles. The number of amides is 1. The smallest absolute Gasteiger partial charge is 0.313 e. The Morgan fingerprint density at radius 3 is 2.75 bits per heavy atom. The van der Waals surface area contributed by atoms with Crippen LogP contribution in [0.1, 0.15) is 12.5 Å². The molecule has 1 aromatic rings. The van der Waals surface area contributed by atoms with E-state index in [1.54, 1.807) is 25.1 Å². The molecule has 0 aliphatic carbocycles. The maximum absolute atomic E-state index is 13.5. The van der Waals surface area contributed by atoms with E-state index in [0.29, 0.717) is 24.3 Å². The normalized spacial score (nSPS) is 11.9. The minimum Gasteiger partial charge on any atom is -0.481 e. The van der Waals surface area contributed by atoms with Crippen LogP contribution in [0.15, 0.2) is 24.3 Å². The Kier molecular flexibility index (Phi) is 7.08. The maximum atomic E-state index is 13.5. The van der Waals surface area contributed by atoms with Gasteiger partial charge in [0.2, 0.25) is 5.91 Å². The summed E-state index contributed by atoms with van der Waals surface area (Å²) in [5, 5.41) is 11.2. The Labute approximate surface area is 121 Å². The minimum atomic E-state index is -0.866. The molecule has 0 saturated heterocycles. The highest BCUT2D eigenvalue weighted by atomic mass is 32.2. The van der Waals surface area contributed by atoms with Crippen molar-refractivity contribution in [3.05, 3.63) is 35.6 Å². The lowest BCUT2D eigenvalue weighted by Gasteiger charge is -2.12. The van der Waals surface area contributed by atoms with Crippen LogP contribution in [0.2, 0.25) is 0 Å². The van der Waals surface area contributed by atoms with Crippen molar-refractivity contribution >= 4 is 23.6 Å². The molecule has 0 saturated carbocycles. The Bertz CT molecular complexity index is 467. The lowest BCUT2D eigenvalue weighted by molar-refractivity contribution is -0.133. The number of hydrogen-bond acceptors (Lipinski definition) is 3. The van der Waals surface area contributed by atoms with E-state index in [9.17, 15) is 14.0 Å². The van der Waals surface area contributed by atoms with Gasteiger partial charge in [-0.3, -0.25) is 9.59 Å². The van der Waals surface area contributed by atoms with Crippen molar-refractivity contribution in [2.75, 3.05) is 18.1 Å². The number of halogens is 1. The third-order valence-electron chi connectivity index (χ3n) is 2.70. The summed E-state index contributed by atoms with van der Waals surface area (Å²) in [7, 11) is 0. The quantitative estimate of drug-likeness (QED) is 0.720. The average Bonchev–Trinajstić information content (AvgIpc) is 2.40. The number of carbonyl (C=O) groups is 2. The maximum Gasteiger partial charge on any atom is 0.313 e. The summed E-state index contributed by atoms with van der Waals surface area (Å²) >= 11 is 1.25. The van der Waals surface area contributed by atoms with E-state index < -0.39 is 5.97 Å². The van der Waals surface area contributed by atoms with Crippen LogP contribution in [0, 0.1) is 11.7 Å². The summed E-state index contributed by atoms with van der Waals surface area (Å²) in [6.07, 6.45) is 0.348. The van der Waals surface area contributed by atoms with Gasteiger partial charge < -0.3 is 10.4 Å². The highest BCUT2D eigenvalue weighted by Crippen LogP contribution is 2.12. The zero-order valence-corrected chi connectivity index (χ0v) is 12.1. The number of aliphatic carboxylic acids is 1. The van der Waals surface area contributed by atoms with Crippen LogP contribution in [0.3, 0.4) is 0 Å². The van der Waals surface area contributed by atoms with Crippen molar-refractivity contribution in [3.8, 4) is 0 Å². The Balaban J connectivity index is 2.29. The fraction of sp³-hybridized carbons (Fsp3) is 0.429. The van der Waals surface area contributed by atoms with E-state index in [0.717, 1.165) is 0 Å². The van der Waals surface area contributed by atoms with E-state index in [2.05, 4.69) is 5.32 Å². The molecule has 0 spiro atoms. The summed E-state index contributed by atoms with van der Waals surface area (Å²) in [6, 6.07) is 6.40. The SMILES string of the molecule is CC(Cc1ccccc1F)C(=O)NCCSCC(=O)O. The molecule has 1 atom stereocenters. The fourth-order valence-electron chi connectivity index (χ4n) is 1.67. The van der Waals surface area contributed by atoms with Gasteiger partial charge in [0.1, 0.15) is 5.82 Å². The van der Waals surface area contributed by atoms with Gasteiger partial charge in [0.15, 0.2) is 0 Å². The van der Waals surface area contributed by atoms with Crippen LogP contribution in [-0.4, -0.2) is 35.0 Å². The van der Waals surface area contributed by atoms with Gasteiger partial charge in [-0.15, -0.1) is 11.8 Å². The first-order valence-electron chi connectivity index (χ1n) is 6.31. The molecule has 4 nitrogen and oxygen atoms in total. The van der Waals surface area contributed by atoms with Gasteiger partial charge in [0.25, 0.3) is 0 Å². The average molecular weight is 299 g/mol. The Morgan fingerprint density at radius 2 is 2.10 bits per heavy atom. The predicted molar refractivity (Wildman–Crippen MR) is 77.2 cm³/mol. The standard InChI is InChI=1S/C14H18FNO3S/c1-10(8-11-4-2-3-5-12(11)15)14(19)16-6-7-20-9-13(17)18/h2-5,10H,6-9H2,1H3,(H,16,19)(H,17,18). The van der Waals surface area contributed by atoms with Gasteiger partial charge in [0, 0.05) is 18.2 Å². The van der Waals surface area contributed by atoms with E-state index in [1.165, 1.54) is 17.8 Å². The van der Waals surface area contributed by atoms with Crippen molar-refractivity contribution in [1.82, 2.24) is 5.32 Å². The van der Waals surface area contributed by atoms with Gasteiger partial charge in [-0.1, -0.05) is 25.1 Å². The van der Waals surface area contributed by atoms with Crippen molar-refractivity contribution in [3.63, 3.8) is 0 Å². The van der Waals surface area contributed by atoms with Gasteiger partial charge in [-0.2, -0.15) is 0 Å². The van der Waals surface area contributed by atoms with E-state index in [1.807, 2.05) is 0 Å².